The number of rotatable bonds is 5. The first-order valence-corrected chi connectivity index (χ1v) is 14.3. The van der Waals surface area contributed by atoms with Crippen LogP contribution in [0, 0.1) is 0 Å². The molecule has 0 N–H and O–H groups in total. The van der Waals surface area contributed by atoms with Gasteiger partial charge in [-0.15, -0.1) is 0 Å². The van der Waals surface area contributed by atoms with Crippen LogP contribution in [0.3, 0.4) is 0 Å². The zero-order valence-corrected chi connectivity index (χ0v) is 12.6. The molecule has 0 fully saturated rings. The normalized spacial score (nSPS) is 9.78. The molecule has 0 amide bonds. The molecule has 0 saturated carbocycles. The molecule has 0 aromatic carbocycles. The van der Waals surface area contributed by atoms with Gasteiger partial charge in [-0.05, 0) is 0 Å². The van der Waals surface area contributed by atoms with Gasteiger partial charge in [-0.3, -0.25) is 0 Å². The van der Waals surface area contributed by atoms with Crippen LogP contribution in [0.25, 0.3) is 0 Å². The fourth-order valence-electron chi connectivity index (χ4n) is 0.823. The summed E-state index contributed by atoms with van der Waals surface area (Å²) < 4.78 is 1.34. The van der Waals surface area contributed by atoms with Crippen molar-refractivity contribution in [2.24, 2.45) is 0 Å². The van der Waals surface area contributed by atoms with Gasteiger partial charge in [-0.25, -0.2) is 0 Å². The molecule has 0 saturated heterocycles. The third-order valence-corrected chi connectivity index (χ3v) is 6.12. The van der Waals surface area contributed by atoms with Gasteiger partial charge in [0.25, 0.3) is 0 Å². The second-order valence-electron chi connectivity index (χ2n) is 2.07. The van der Waals surface area contributed by atoms with E-state index in [1.807, 2.05) is 0 Å². The zero-order chi connectivity index (χ0) is 7.11. The van der Waals surface area contributed by atoms with Crippen LogP contribution in [0.15, 0.2) is 0 Å². The van der Waals surface area contributed by atoms with Gasteiger partial charge in [0.05, 0.1) is 0 Å². The second kappa shape index (κ2) is 7.29. The van der Waals surface area contributed by atoms with E-state index in [1.54, 1.807) is 0 Å². The van der Waals surface area contributed by atoms with Crippen LogP contribution < -0.4 is 0 Å². The van der Waals surface area contributed by atoms with Crippen LogP contribution >= 0.6 is 8.25 Å². The van der Waals surface area contributed by atoms with Gasteiger partial charge >= 0.3 is 73.9 Å². The van der Waals surface area contributed by atoms with Gasteiger partial charge in [0.1, 0.15) is 0 Å². The third-order valence-electron chi connectivity index (χ3n) is 1.50. The molecule has 0 heterocycles. The van der Waals surface area contributed by atoms with E-state index in [0.717, 1.165) is 0 Å². The van der Waals surface area contributed by atoms with E-state index in [2.05, 4.69) is 18.7 Å². The third kappa shape index (κ3) is 5.62. The van der Waals surface area contributed by atoms with E-state index >= 15 is 0 Å². The second-order valence-corrected chi connectivity index (χ2v) is 9.60. The molecule has 0 radical (unpaired) electrons. The number of halogens is 1. The summed E-state index contributed by atoms with van der Waals surface area (Å²) in [7, 11) is 5.76. The van der Waals surface area contributed by atoms with E-state index in [-0.39, 0.29) is 0 Å². The van der Waals surface area contributed by atoms with Crippen molar-refractivity contribution in [2.75, 3.05) is 19.6 Å². The Hall–Kier alpha value is 1.19. The Morgan fingerprint density at radius 3 is 2.22 bits per heavy atom. The van der Waals surface area contributed by atoms with Gasteiger partial charge in [-0.2, -0.15) is 0 Å². The van der Waals surface area contributed by atoms with Crippen LogP contribution in [-0.4, -0.2) is 24.5 Å². The van der Waals surface area contributed by atoms with Crippen molar-refractivity contribution in [3.05, 3.63) is 0 Å². The van der Waals surface area contributed by atoms with E-state index in [0.29, 0.717) is 0 Å². The van der Waals surface area contributed by atoms with Gasteiger partial charge in [-0.1, -0.05) is 0 Å². The molecule has 52 valence electrons. The predicted molar refractivity (Wildman–Crippen MR) is 38.4 cm³/mol. The standard InChI is InChI=1S/C6H14N.ClH.Hg/c1-4-7(5-2)6-3;;/h1,4-6H2,2-3H3;1H;/q;;+1/p-1. The van der Waals surface area contributed by atoms with Gasteiger partial charge < -0.3 is 0 Å². The first-order valence-electron chi connectivity index (χ1n) is 3.63. The van der Waals surface area contributed by atoms with E-state index < -0.39 is 23.3 Å². The van der Waals surface area contributed by atoms with Crippen LogP contribution in [-0.2, 0) is 23.3 Å². The molecular formula is C6H14ClHgN. The molecule has 0 rings (SSSR count). The fourth-order valence-corrected chi connectivity index (χ4v) is 4.08. The molecule has 0 spiro atoms. The summed E-state index contributed by atoms with van der Waals surface area (Å²) in [5, 5.41) is 0. The molecule has 0 aromatic rings. The van der Waals surface area contributed by atoms with E-state index in [9.17, 15) is 0 Å². The van der Waals surface area contributed by atoms with Crippen molar-refractivity contribution < 1.29 is 23.3 Å². The van der Waals surface area contributed by atoms with Crippen LogP contribution in [0.1, 0.15) is 13.8 Å². The Kier molecular flexibility index (Phi) is 8.25. The molecule has 9 heavy (non-hydrogen) atoms. The average Bonchev–Trinajstić information content (AvgIpc) is 1.91. The first kappa shape index (κ1) is 10.2. The average molecular weight is 336 g/mol. The van der Waals surface area contributed by atoms with Crippen LogP contribution in [0.4, 0.5) is 0 Å². The zero-order valence-electron chi connectivity index (χ0n) is 6.36. The molecule has 0 aliphatic heterocycles. The van der Waals surface area contributed by atoms with Crippen LogP contribution in [0.5, 0.6) is 0 Å². The number of hydrogen-bond donors (Lipinski definition) is 0. The summed E-state index contributed by atoms with van der Waals surface area (Å²) in [6.07, 6.45) is 0. The fraction of sp³-hybridized carbons (Fsp3) is 1.00. The Morgan fingerprint density at radius 1 is 1.33 bits per heavy atom. The minimum atomic E-state index is -0.820. The molecule has 0 aliphatic carbocycles. The molecule has 0 aromatic heterocycles. The van der Waals surface area contributed by atoms with Gasteiger partial charge in [0.2, 0.25) is 0 Å². The molecule has 1 nitrogen and oxygen atoms in total. The Bertz CT molecular complexity index is 57.0. The van der Waals surface area contributed by atoms with E-state index in [1.165, 1.54) is 23.6 Å². The van der Waals surface area contributed by atoms with Crippen molar-refractivity contribution in [2.45, 2.75) is 17.8 Å². The molecule has 3 heteroatoms. The molecule has 0 atom stereocenters. The number of hydrogen-bond acceptors (Lipinski definition) is 1. The topological polar surface area (TPSA) is 3.24 Å². The Morgan fingerprint density at radius 2 is 1.89 bits per heavy atom. The van der Waals surface area contributed by atoms with Gasteiger partial charge in [0, 0.05) is 0 Å². The maximum atomic E-state index is 5.76. The summed E-state index contributed by atoms with van der Waals surface area (Å²) in [4.78, 5) is 2.43. The maximum absolute atomic E-state index is 5.76. The Labute approximate surface area is 73.6 Å². The number of nitrogens with zero attached hydrogens (tertiary/aromatic N) is 1. The molecule has 0 unspecified atom stereocenters. The van der Waals surface area contributed by atoms with Crippen molar-refractivity contribution in [1.82, 2.24) is 4.90 Å². The van der Waals surface area contributed by atoms with Crippen molar-refractivity contribution >= 4 is 8.25 Å². The summed E-state index contributed by atoms with van der Waals surface area (Å²) in [6, 6.07) is 0. The summed E-state index contributed by atoms with van der Waals surface area (Å²) in [5.74, 6) is 0. The van der Waals surface area contributed by atoms with E-state index in [4.69, 9.17) is 8.25 Å². The first-order chi connectivity index (χ1) is 4.35. The molecular weight excluding hydrogens is 322 g/mol. The van der Waals surface area contributed by atoms with Crippen molar-refractivity contribution in [1.29, 1.82) is 0 Å². The van der Waals surface area contributed by atoms with Crippen LogP contribution in [0.2, 0.25) is 3.93 Å². The SMILES string of the molecule is CCN(CC)C[CH2][Hg][Cl]. The van der Waals surface area contributed by atoms with Crippen molar-refractivity contribution in [3.63, 3.8) is 0 Å². The Balaban J connectivity index is 3.09. The minimum absolute atomic E-state index is 0.820. The molecule has 0 bridgehead atoms. The summed E-state index contributed by atoms with van der Waals surface area (Å²) in [5.41, 5.74) is 0. The molecule has 0 aliphatic rings. The predicted octanol–water partition coefficient (Wildman–Crippen LogP) is 1.98. The van der Waals surface area contributed by atoms with Crippen molar-refractivity contribution in [3.8, 4) is 0 Å². The van der Waals surface area contributed by atoms with Gasteiger partial charge in [0.15, 0.2) is 0 Å². The quantitative estimate of drug-likeness (QED) is 0.694. The summed E-state index contributed by atoms with van der Waals surface area (Å²) in [6.45, 7) is 8.02. The monoisotopic (exact) mass is 337 g/mol. The summed E-state index contributed by atoms with van der Waals surface area (Å²) >= 11 is -0.820.